The quantitative estimate of drug-likeness (QED) is 0.717. The fourth-order valence-electron chi connectivity index (χ4n) is 1.70. The highest BCUT2D eigenvalue weighted by Crippen LogP contribution is 2.01. The predicted octanol–water partition coefficient (Wildman–Crippen LogP) is 1.36. The number of hydrogen-bond acceptors (Lipinski definition) is 5. The lowest BCUT2D eigenvalue weighted by molar-refractivity contribution is -0.123. The lowest BCUT2D eigenvalue weighted by atomic mass is 10.2. The van der Waals surface area contributed by atoms with Gasteiger partial charge in [0.1, 0.15) is 12.6 Å². The molecule has 0 aliphatic rings. The van der Waals surface area contributed by atoms with Gasteiger partial charge in [0.05, 0.1) is 6.26 Å². The normalized spacial score (nSPS) is 11.2. The van der Waals surface area contributed by atoms with Crippen molar-refractivity contribution in [3.63, 3.8) is 0 Å². The number of hydrazine groups is 1. The summed E-state index contributed by atoms with van der Waals surface area (Å²) in [5.41, 5.74) is 5.18. The molecule has 0 spiro atoms. The molecule has 0 aliphatic heterocycles. The van der Waals surface area contributed by atoms with E-state index in [4.69, 9.17) is 9.15 Å². The van der Waals surface area contributed by atoms with Crippen LogP contribution in [0.5, 0.6) is 0 Å². The highest BCUT2D eigenvalue weighted by molar-refractivity contribution is 5.94. The van der Waals surface area contributed by atoms with E-state index < -0.39 is 23.9 Å². The van der Waals surface area contributed by atoms with Gasteiger partial charge < -0.3 is 14.5 Å². The third kappa shape index (κ3) is 5.16. The summed E-state index contributed by atoms with van der Waals surface area (Å²) < 4.78 is 9.87. The number of alkyl carbamates (subject to hydrolysis) is 1. The van der Waals surface area contributed by atoms with Crippen LogP contribution in [0.4, 0.5) is 4.79 Å². The standard InChI is InChI=1S/C16H17N3O5/c1-11(14(20)18-19-15(21)13-8-5-9-23-13)17-16(22)24-10-12-6-3-2-4-7-12/h2-9,11H,10H2,1H3,(H,17,22)(H,18,20)(H,19,21)/t11-/m0/s1. The number of benzene rings is 1. The van der Waals surface area contributed by atoms with Gasteiger partial charge in [0.2, 0.25) is 0 Å². The summed E-state index contributed by atoms with van der Waals surface area (Å²) in [5.74, 6) is -1.16. The van der Waals surface area contributed by atoms with E-state index in [0.717, 1.165) is 5.56 Å². The minimum Gasteiger partial charge on any atom is -0.459 e. The van der Waals surface area contributed by atoms with E-state index in [1.807, 2.05) is 30.3 Å². The minimum atomic E-state index is -0.898. The largest absolute Gasteiger partial charge is 0.459 e. The Morgan fingerprint density at radius 2 is 1.83 bits per heavy atom. The Morgan fingerprint density at radius 3 is 2.50 bits per heavy atom. The van der Waals surface area contributed by atoms with Crippen molar-refractivity contribution in [2.75, 3.05) is 0 Å². The van der Waals surface area contributed by atoms with Gasteiger partial charge in [0, 0.05) is 0 Å². The molecule has 0 saturated heterocycles. The summed E-state index contributed by atoms with van der Waals surface area (Å²) in [6.07, 6.45) is 0.600. The predicted molar refractivity (Wildman–Crippen MR) is 83.5 cm³/mol. The van der Waals surface area contributed by atoms with Gasteiger partial charge >= 0.3 is 12.0 Å². The molecular weight excluding hydrogens is 314 g/mol. The topological polar surface area (TPSA) is 110 Å². The molecule has 1 atom stereocenters. The highest BCUT2D eigenvalue weighted by atomic mass is 16.5. The summed E-state index contributed by atoms with van der Waals surface area (Å²) >= 11 is 0. The molecule has 0 saturated carbocycles. The average Bonchev–Trinajstić information content (AvgIpc) is 3.13. The zero-order valence-corrected chi connectivity index (χ0v) is 12.9. The lowest BCUT2D eigenvalue weighted by Crippen LogP contribution is -2.51. The molecule has 126 valence electrons. The number of amides is 3. The van der Waals surface area contributed by atoms with Crippen molar-refractivity contribution < 1.29 is 23.5 Å². The zero-order chi connectivity index (χ0) is 17.4. The highest BCUT2D eigenvalue weighted by Gasteiger charge is 2.17. The number of carbonyl (C=O) groups excluding carboxylic acids is 3. The van der Waals surface area contributed by atoms with Gasteiger partial charge in [-0.05, 0) is 24.6 Å². The summed E-state index contributed by atoms with van der Waals surface area (Å²) in [5, 5.41) is 2.36. The third-order valence-electron chi connectivity index (χ3n) is 2.98. The molecule has 2 aromatic rings. The van der Waals surface area contributed by atoms with Crippen LogP contribution < -0.4 is 16.2 Å². The van der Waals surface area contributed by atoms with Crippen LogP contribution in [-0.2, 0) is 16.1 Å². The second-order valence-corrected chi connectivity index (χ2v) is 4.85. The van der Waals surface area contributed by atoms with Crippen LogP contribution in [0.25, 0.3) is 0 Å². The van der Waals surface area contributed by atoms with Gasteiger partial charge in [-0.1, -0.05) is 30.3 Å². The van der Waals surface area contributed by atoms with Crippen LogP contribution in [0.3, 0.4) is 0 Å². The van der Waals surface area contributed by atoms with Crippen molar-refractivity contribution in [1.82, 2.24) is 16.2 Å². The molecule has 24 heavy (non-hydrogen) atoms. The van der Waals surface area contributed by atoms with Crippen molar-refractivity contribution in [3.05, 3.63) is 60.1 Å². The summed E-state index contributed by atoms with van der Waals surface area (Å²) in [7, 11) is 0. The average molecular weight is 331 g/mol. The Labute approximate surface area is 138 Å². The fraction of sp³-hybridized carbons (Fsp3) is 0.188. The fourth-order valence-corrected chi connectivity index (χ4v) is 1.70. The SMILES string of the molecule is C[C@H](NC(=O)OCc1ccccc1)C(=O)NNC(=O)c1ccco1. The molecule has 0 aliphatic carbocycles. The van der Waals surface area contributed by atoms with Gasteiger partial charge in [0.15, 0.2) is 5.76 Å². The third-order valence-corrected chi connectivity index (χ3v) is 2.98. The second kappa shape index (κ2) is 8.37. The summed E-state index contributed by atoms with van der Waals surface area (Å²) in [4.78, 5) is 35.0. The van der Waals surface area contributed by atoms with Crippen molar-refractivity contribution in [2.45, 2.75) is 19.6 Å². The number of carbonyl (C=O) groups is 3. The Hall–Kier alpha value is -3.29. The first-order chi connectivity index (χ1) is 11.6. The number of nitrogens with one attached hydrogen (secondary N) is 3. The first-order valence-corrected chi connectivity index (χ1v) is 7.17. The lowest BCUT2D eigenvalue weighted by Gasteiger charge is -2.14. The monoisotopic (exact) mass is 331 g/mol. The Balaban J connectivity index is 1.70. The van der Waals surface area contributed by atoms with Crippen molar-refractivity contribution in [3.8, 4) is 0 Å². The van der Waals surface area contributed by atoms with E-state index in [0.29, 0.717) is 0 Å². The van der Waals surface area contributed by atoms with Crippen molar-refractivity contribution in [2.24, 2.45) is 0 Å². The van der Waals surface area contributed by atoms with Gasteiger partial charge in [-0.15, -0.1) is 0 Å². The van der Waals surface area contributed by atoms with Gasteiger partial charge in [-0.3, -0.25) is 20.4 Å². The van der Waals surface area contributed by atoms with Gasteiger partial charge in [0.25, 0.3) is 5.91 Å². The Kier molecular flexibility index (Phi) is 5.95. The van der Waals surface area contributed by atoms with Gasteiger partial charge in [-0.25, -0.2) is 4.79 Å². The molecule has 2 rings (SSSR count). The maximum absolute atomic E-state index is 11.8. The van der Waals surface area contributed by atoms with Crippen LogP contribution in [0.1, 0.15) is 23.0 Å². The molecule has 0 bridgehead atoms. The van der Waals surface area contributed by atoms with Crippen LogP contribution in [0.15, 0.2) is 53.1 Å². The first-order valence-electron chi connectivity index (χ1n) is 7.17. The number of ether oxygens (including phenoxy) is 1. The molecular formula is C16H17N3O5. The van der Waals surface area contributed by atoms with E-state index in [-0.39, 0.29) is 12.4 Å². The first kappa shape index (κ1) is 17.1. The van der Waals surface area contributed by atoms with Gasteiger partial charge in [-0.2, -0.15) is 0 Å². The number of rotatable bonds is 5. The molecule has 8 nitrogen and oxygen atoms in total. The molecule has 3 amide bonds. The van der Waals surface area contributed by atoms with E-state index in [1.54, 1.807) is 6.07 Å². The van der Waals surface area contributed by atoms with Crippen LogP contribution in [0, 0.1) is 0 Å². The molecule has 3 N–H and O–H groups in total. The molecule has 1 heterocycles. The minimum absolute atomic E-state index is 0.0539. The van der Waals surface area contributed by atoms with Crippen molar-refractivity contribution >= 4 is 17.9 Å². The zero-order valence-electron chi connectivity index (χ0n) is 12.9. The van der Waals surface area contributed by atoms with E-state index in [9.17, 15) is 14.4 Å². The molecule has 0 unspecified atom stereocenters. The molecule has 1 aromatic carbocycles. The Bertz CT molecular complexity index is 685. The molecule has 1 aromatic heterocycles. The number of hydrogen-bond donors (Lipinski definition) is 3. The molecule has 0 fully saturated rings. The van der Waals surface area contributed by atoms with E-state index in [1.165, 1.54) is 19.3 Å². The maximum atomic E-state index is 11.8. The second-order valence-electron chi connectivity index (χ2n) is 4.85. The summed E-state index contributed by atoms with van der Waals surface area (Å²) in [6, 6.07) is 11.2. The maximum Gasteiger partial charge on any atom is 0.408 e. The van der Waals surface area contributed by atoms with E-state index in [2.05, 4.69) is 16.2 Å². The smallest absolute Gasteiger partial charge is 0.408 e. The van der Waals surface area contributed by atoms with Crippen LogP contribution in [0.2, 0.25) is 0 Å². The van der Waals surface area contributed by atoms with Crippen LogP contribution in [-0.4, -0.2) is 23.9 Å². The number of furan rings is 1. The molecule has 0 radical (unpaired) electrons. The Morgan fingerprint density at radius 1 is 1.08 bits per heavy atom. The van der Waals surface area contributed by atoms with Crippen molar-refractivity contribution in [1.29, 1.82) is 0 Å². The van der Waals surface area contributed by atoms with Crippen LogP contribution >= 0.6 is 0 Å². The van der Waals surface area contributed by atoms with E-state index >= 15 is 0 Å². The summed E-state index contributed by atoms with van der Waals surface area (Å²) in [6.45, 7) is 1.55. The molecule has 8 heteroatoms.